The summed E-state index contributed by atoms with van der Waals surface area (Å²) in [6.45, 7) is 1.44. The average Bonchev–Trinajstić information content (AvgIpc) is 1.35. The Labute approximate surface area is 43.2 Å². The van der Waals surface area contributed by atoms with E-state index in [1.54, 1.807) is 0 Å². The molecule has 0 aromatic heterocycles. The van der Waals surface area contributed by atoms with Gasteiger partial charge in [0.2, 0.25) is 0 Å². The van der Waals surface area contributed by atoms with Gasteiger partial charge in [-0.05, 0) is 0 Å². The Morgan fingerprint density at radius 1 is 1.83 bits per heavy atom. The minimum atomic E-state index is -0.920. The van der Waals surface area contributed by atoms with E-state index in [4.69, 9.17) is 0 Å². The molecule has 0 aliphatic carbocycles. The van der Waals surface area contributed by atoms with Gasteiger partial charge < -0.3 is 0 Å². The Balaban J connectivity index is 3.05. The molecule has 34 valence electrons. The molecule has 0 aromatic carbocycles. The van der Waals surface area contributed by atoms with Crippen LogP contribution < -0.4 is 0 Å². The van der Waals surface area contributed by atoms with Crippen LogP contribution in [0, 0.1) is 0 Å². The van der Waals surface area contributed by atoms with Crippen molar-refractivity contribution in [3.8, 4) is 0 Å². The van der Waals surface area contributed by atoms with E-state index in [0.29, 0.717) is 0 Å². The quantitative estimate of drug-likeness (QED) is 0.534. The van der Waals surface area contributed by atoms with Crippen molar-refractivity contribution in [2.45, 2.75) is 12.1 Å². The summed E-state index contributed by atoms with van der Waals surface area (Å²) in [5.74, 6) is 0.0185. The summed E-state index contributed by atoms with van der Waals surface area (Å²) in [4.78, 5) is 9.87. The van der Waals surface area contributed by atoms with Crippen LogP contribution in [0.4, 0.5) is 0 Å². The molecule has 0 N–H and O–H groups in total. The van der Waals surface area contributed by atoms with Gasteiger partial charge in [0.15, 0.2) is 0 Å². The van der Waals surface area contributed by atoms with Crippen LogP contribution >= 0.6 is 0 Å². The fraction of sp³-hybridized carbons (Fsp3) is 0.667. The predicted molar refractivity (Wildman–Crippen MR) is 16.2 cm³/mol. The first-order valence-corrected chi connectivity index (χ1v) is 3.11. The van der Waals surface area contributed by atoms with Crippen molar-refractivity contribution in [1.82, 2.24) is 0 Å². The van der Waals surface area contributed by atoms with Crippen LogP contribution in [0.1, 0.15) is 6.92 Å². The van der Waals surface area contributed by atoms with Gasteiger partial charge in [-0.2, -0.15) is 0 Å². The fourth-order valence-electron chi connectivity index (χ4n) is 0.0909. The normalized spacial score (nSPS) is 7.50. The minimum absolute atomic E-state index is 0.0185. The van der Waals surface area contributed by atoms with Gasteiger partial charge in [0.1, 0.15) is 0 Å². The maximum absolute atomic E-state index is 9.87. The summed E-state index contributed by atoms with van der Waals surface area (Å²) in [6.07, 6.45) is 0. The van der Waals surface area contributed by atoms with Gasteiger partial charge in [-0.25, -0.2) is 0 Å². The molecule has 0 unspecified atom stereocenters. The molecule has 0 bridgehead atoms. The van der Waals surface area contributed by atoms with E-state index in [2.05, 4.69) is 0 Å². The van der Waals surface area contributed by atoms with E-state index < -0.39 is 16.2 Å². The molecular weight excluding hydrogens is 119 g/mol. The Kier molecular flexibility index (Phi) is 3.28. The van der Waals surface area contributed by atoms with Crippen molar-refractivity contribution >= 4 is 5.78 Å². The zero-order valence-corrected chi connectivity index (χ0v) is 4.87. The van der Waals surface area contributed by atoms with E-state index in [0.717, 1.165) is 0 Å². The van der Waals surface area contributed by atoms with Gasteiger partial charge in [0.05, 0.1) is 0 Å². The van der Waals surface area contributed by atoms with Crippen molar-refractivity contribution < 1.29 is 24.7 Å². The summed E-state index contributed by atoms with van der Waals surface area (Å²) >= 11 is -0.920. The molecule has 0 amide bonds. The topological polar surface area (TPSA) is 34.1 Å². The average molecular weight is 124 g/mol. The van der Waals surface area contributed by atoms with Gasteiger partial charge >= 0.3 is 42.5 Å². The molecule has 0 aromatic rings. The van der Waals surface area contributed by atoms with Crippen molar-refractivity contribution in [3.63, 3.8) is 0 Å². The second-order valence-electron chi connectivity index (χ2n) is 0.989. The molecule has 0 aliphatic rings. The van der Waals surface area contributed by atoms with Crippen molar-refractivity contribution in [1.29, 1.82) is 0 Å². The molecule has 2 nitrogen and oxygen atoms in total. The number of carbonyl (C=O) groups excluding carboxylic acids is 1. The van der Waals surface area contributed by atoms with E-state index in [9.17, 15) is 8.47 Å². The summed E-state index contributed by atoms with van der Waals surface area (Å²) in [5, 5.41) is 0.274. The van der Waals surface area contributed by atoms with Crippen LogP contribution in [-0.2, 0) is 24.7 Å². The number of rotatable bonds is 2. The van der Waals surface area contributed by atoms with Crippen LogP contribution in [0.15, 0.2) is 0 Å². The summed E-state index contributed by atoms with van der Waals surface area (Å²) in [5.41, 5.74) is 0. The Hall–Kier alpha value is 0.0544. The zero-order chi connectivity index (χ0) is 4.99. The standard InChI is InChI=1S/C3H5O.O.V/c1-3(2)4;;/h1H2,2H3;;. The molecular formula is C3H5O2V. The van der Waals surface area contributed by atoms with Gasteiger partial charge in [0, 0.05) is 0 Å². The molecule has 0 saturated carbocycles. The monoisotopic (exact) mass is 124 g/mol. The van der Waals surface area contributed by atoms with Gasteiger partial charge in [-0.15, -0.1) is 0 Å². The van der Waals surface area contributed by atoms with E-state index in [1.807, 2.05) is 0 Å². The molecule has 0 spiro atoms. The molecule has 6 heavy (non-hydrogen) atoms. The van der Waals surface area contributed by atoms with Crippen LogP contribution in [0.25, 0.3) is 0 Å². The Bertz CT molecular complexity index is 69.2. The third-order valence-corrected chi connectivity index (χ3v) is 1.18. The molecule has 0 rings (SSSR count). The zero-order valence-electron chi connectivity index (χ0n) is 3.47. The summed E-state index contributed by atoms with van der Waals surface area (Å²) < 4.78 is 9.61. The molecule has 0 fully saturated rings. The molecule has 3 heteroatoms. The van der Waals surface area contributed by atoms with Crippen molar-refractivity contribution in [2.75, 3.05) is 0 Å². The first-order valence-electron chi connectivity index (χ1n) is 1.56. The van der Waals surface area contributed by atoms with Gasteiger partial charge in [0.25, 0.3) is 0 Å². The first-order chi connectivity index (χ1) is 2.77. The summed E-state index contributed by atoms with van der Waals surface area (Å²) in [6, 6.07) is 0. The van der Waals surface area contributed by atoms with Gasteiger partial charge in [-0.1, -0.05) is 0 Å². The Morgan fingerprint density at radius 3 is 2.33 bits per heavy atom. The van der Waals surface area contributed by atoms with Crippen LogP contribution in [-0.4, -0.2) is 5.78 Å². The van der Waals surface area contributed by atoms with E-state index in [1.165, 1.54) is 6.92 Å². The number of hydrogen-bond acceptors (Lipinski definition) is 2. The summed E-state index contributed by atoms with van der Waals surface area (Å²) in [7, 11) is 0. The van der Waals surface area contributed by atoms with Crippen LogP contribution in [0.5, 0.6) is 0 Å². The molecule has 0 saturated heterocycles. The Morgan fingerprint density at radius 2 is 2.33 bits per heavy atom. The molecule has 0 atom stereocenters. The fourth-order valence-corrected chi connectivity index (χ4v) is 0.375. The second-order valence-corrected chi connectivity index (χ2v) is 1.89. The predicted octanol–water partition coefficient (Wildman–Crippen LogP) is 0.422. The third-order valence-electron chi connectivity index (χ3n) is 0.287. The third kappa shape index (κ3) is 4.05. The molecule has 0 aliphatic heterocycles. The SMILES string of the molecule is CC(=O)[CH2][V]=[O]. The molecule has 0 radical (unpaired) electrons. The number of ketones is 1. The second kappa shape index (κ2) is 3.25. The van der Waals surface area contributed by atoms with Crippen molar-refractivity contribution in [2.24, 2.45) is 0 Å². The van der Waals surface area contributed by atoms with Gasteiger partial charge in [-0.3, -0.25) is 0 Å². The van der Waals surface area contributed by atoms with E-state index >= 15 is 0 Å². The maximum atomic E-state index is 9.87. The number of hydrogen-bond donors (Lipinski definition) is 0. The van der Waals surface area contributed by atoms with Crippen molar-refractivity contribution in [3.05, 3.63) is 0 Å². The number of carbonyl (C=O) groups is 1. The molecule has 0 heterocycles. The van der Waals surface area contributed by atoms with E-state index in [-0.39, 0.29) is 10.9 Å². The first kappa shape index (κ1) is 6.05. The number of Topliss-reactive ketones (excluding diaryl/α,β-unsaturated/α-hetero) is 1. The van der Waals surface area contributed by atoms with Crippen LogP contribution in [0.2, 0.25) is 5.13 Å². The van der Waals surface area contributed by atoms with Crippen LogP contribution in [0.3, 0.4) is 0 Å².